The third-order valence-electron chi connectivity index (χ3n) is 3.56. The van der Waals surface area contributed by atoms with Crippen LogP contribution < -0.4 is 10.6 Å². The molecule has 1 saturated heterocycles. The molecule has 1 atom stereocenters. The summed E-state index contributed by atoms with van der Waals surface area (Å²) in [4.78, 5) is 3.56. The average molecular weight is 287 g/mol. The first-order chi connectivity index (χ1) is 9.35. The van der Waals surface area contributed by atoms with Gasteiger partial charge in [0.25, 0.3) is 0 Å². The van der Waals surface area contributed by atoms with Gasteiger partial charge in [0, 0.05) is 37.9 Å². The lowest BCUT2D eigenvalue weighted by molar-refractivity contribution is -0.146. The first-order valence-corrected chi connectivity index (χ1v) is 6.75. The number of hydrogen-bond donors (Lipinski definition) is 1. The Bertz CT molecular complexity index is 420. The summed E-state index contributed by atoms with van der Waals surface area (Å²) in [7, 11) is 0. The molecule has 0 radical (unpaired) electrons. The molecule has 0 aliphatic carbocycles. The van der Waals surface area contributed by atoms with E-state index < -0.39 is 12.7 Å². The standard InChI is InChI=1S/C14H20F3N3/c1-11(18)12-2-4-13(5-3-12)20-8-6-19(7-9-20)10-14(15,16)17/h2-5,11H,6-10,18H2,1H3. The Labute approximate surface area is 117 Å². The van der Waals surface area contributed by atoms with E-state index in [9.17, 15) is 13.2 Å². The fourth-order valence-corrected chi connectivity index (χ4v) is 2.41. The number of halogens is 3. The van der Waals surface area contributed by atoms with Crippen molar-refractivity contribution in [1.82, 2.24) is 4.90 Å². The molecule has 6 heteroatoms. The Morgan fingerprint density at radius 3 is 2.10 bits per heavy atom. The quantitative estimate of drug-likeness (QED) is 0.926. The summed E-state index contributed by atoms with van der Waals surface area (Å²) in [5.41, 5.74) is 7.89. The van der Waals surface area contributed by atoms with Crippen molar-refractivity contribution >= 4 is 5.69 Å². The molecule has 1 aliphatic heterocycles. The zero-order valence-corrected chi connectivity index (χ0v) is 11.5. The van der Waals surface area contributed by atoms with Crippen LogP contribution in [0.1, 0.15) is 18.5 Å². The molecule has 1 aromatic rings. The fraction of sp³-hybridized carbons (Fsp3) is 0.571. The summed E-state index contributed by atoms with van der Waals surface area (Å²) in [6.07, 6.45) is -4.11. The molecule has 2 N–H and O–H groups in total. The summed E-state index contributed by atoms with van der Waals surface area (Å²) >= 11 is 0. The largest absolute Gasteiger partial charge is 0.401 e. The number of hydrogen-bond acceptors (Lipinski definition) is 3. The van der Waals surface area contributed by atoms with Gasteiger partial charge in [0.15, 0.2) is 0 Å². The van der Waals surface area contributed by atoms with Crippen molar-refractivity contribution in [2.75, 3.05) is 37.6 Å². The van der Waals surface area contributed by atoms with Crippen molar-refractivity contribution in [3.63, 3.8) is 0 Å². The van der Waals surface area contributed by atoms with Crippen molar-refractivity contribution in [2.24, 2.45) is 5.73 Å². The van der Waals surface area contributed by atoms with Crippen molar-refractivity contribution in [2.45, 2.75) is 19.1 Å². The second-order valence-corrected chi connectivity index (χ2v) is 5.26. The van der Waals surface area contributed by atoms with E-state index in [-0.39, 0.29) is 6.04 Å². The number of alkyl halides is 3. The normalized spacial score (nSPS) is 19.1. The number of rotatable bonds is 3. The summed E-state index contributed by atoms with van der Waals surface area (Å²) < 4.78 is 36.9. The molecular weight excluding hydrogens is 267 g/mol. The minimum atomic E-state index is -4.11. The highest BCUT2D eigenvalue weighted by atomic mass is 19.4. The van der Waals surface area contributed by atoms with Gasteiger partial charge in [-0.2, -0.15) is 13.2 Å². The third kappa shape index (κ3) is 4.11. The summed E-state index contributed by atoms with van der Waals surface area (Å²) in [6, 6.07) is 7.91. The predicted molar refractivity (Wildman–Crippen MR) is 73.8 cm³/mol. The predicted octanol–water partition coefficient (Wildman–Crippen LogP) is 2.39. The molecule has 0 aromatic heterocycles. The van der Waals surface area contributed by atoms with E-state index in [2.05, 4.69) is 4.90 Å². The third-order valence-corrected chi connectivity index (χ3v) is 3.56. The smallest absolute Gasteiger partial charge is 0.369 e. The van der Waals surface area contributed by atoms with Crippen molar-refractivity contribution in [3.05, 3.63) is 29.8 Å². The van der Waals surface area contributed by atoms with E-state index in [0.29, 0.717) is 26.2 Å². The number of piperazine rings is 1. The van der Waals surface area contributed by atoms with E-state index in [4.69, 9.17) is 5.73 Å². The number of anilines is 1. The van der Waals surface area contributed by atoms with Crippen LogP contribution in [-0.4, -0.2) is 43.8 Å². The first-order valence-electron chi connectivity index (χ1n) is 6.75. The minimum absolute atomic E-state index is 0.00678. The molecule has 1 fully saturated rings. The minimum Gasteiger partial charge on any atom is -0.369 e. The average Bonchev–Trinajstić information content (AvgIpc) is 2.38. The van der Waals surface area contributed by atoms with Crippen LogP contribution in [0.4, 0.5) is 18.9 Å². The summed E-state index contributed by atoms with van der Waals surface area (Å²) in [5, 5.41) is 0. The number of nitrogens with zero attached hydrogens (tertiary/aromatic N) is 2. The fourth-order valence-electron chi connectivity index (χ4n) is 2.41. The van der Waals surface area contributed by atoms with Gasteiger partial charge in [0.1, 0.15) is 0 Å². The lowest BCUT2D eigenvalue weighted by Gasteiger charge is -2.36. The second-order valence-electron chi connectivity index (χ2n) is 5.26. The van der Waals surface area contributed by atoms with Crippen LogP contribution in [0.2, 0.25) is 0 Å². The maximum Gasteiger partial charge on any atom is 0.401 e. The van der Waals surface area contributed by atoms with E-state index in [1.54, 1.807) is 0 Å². The molecule has 20 heavy (non-hydrogen) atoms. The van der Waals surface area contributed by atoms with Gasteiger partial charge in [0.05, 0.1) is 6.54 Å². The van der Waals surface area contributed by atoms with Gasteiger partial charge in [-0.1, -0.05) is 12.1 Å². The highest BCUT2D eigenvalue weighted by Gasteiger charge is 2.32. The molecule has 2 rings (SSSR count). The molecule has 1 aliphatic rings. The second kappa shape index (κ2) is 6.01. The SMILES string of the molecule is CC(N)c1ccc(N2CCN(CC(F)(F)F)CC2)cc1. The Hall–Kier alpha value is -1.27. The lowest BCUT2D eigenvalue weighted by atomic mass is 10.1. The molecule has 0 spiro atoms. The maximum absolute atomic E-state index is 12.3. The van der Waals surface area contributed by atoms with Crippen LogP contribution in [0.5, 0.6) is 0 Å². The van der Waals surface area contributed by atoms with Crippen LogP contribution in [-0.2, 0) is 0 Å². The van der Waals surface area contributed by atoms with Gasteiger partial charge in [-0.25, -0.2) is 0 Å². The topological polar surface area (TPSA) is 32.5 Å². The zero-order valence-electron chi connectivity index (χ0n) is 11.5. The Kier molecular flexibility index (Phi) is 4.55. The molecular formula is C14H20F3N3. The van der Waals surface area contributed by atoms with Crippen LogP contribution in [0.3, 0.4) is 0 Å². The van der Waals surface area contributed by atoms with E-state index in [0.717, 1.165) is 11.3 Å². The van der Waals surface area contributed by atoms with Gasteiger partial charge in [-0.05, 0) is 24.6 Å². The highest BCUT2D eigenvalue weighted by molar-refractivity contribution is 5.48. The van der Waals surface area contributed by atoms with Crippen molar-refractivity contribution in [3.8, 4) is 0 Å². The van der Waals surface area contributed by atoms with Gasteiger partial charge in [0.2, 0.25) is 0 Å². The monoisotopic (exact) mass is 287 g/mol. The van der Waals surface area contributed by atoms with Gasteiger partial charge < -0.3 is 10.6 Å². The maximum atomic E-state index is 12.3. The Balaban J connectivity index is 1.90. The molecule has 1 heterocycles. The van der Waals surface area contributed by atoms with Crippen LogP contribution in [0.15, 0.2) is 24.3 Å². The van der Waals surface area contributed by atoms with Crippen LogP contribution in [0, 0.1) is 0 Å². The Morgan fingerprint density at radius 1 is 1.10 bits per heavy atom. The van der Waals surface area contributed by atoms with Gasteiger partial charge >= 0.3 is 6.18 Å². The van der Waals surface area contributed by atoms with Crippen molar-refractivity contribution in [1.29, 1.82) is 0 Å². The van der Waals surface area contributed by atoms with Crippen LogP contribution in [0.25, 0.3) is 0 Å². The van der Waals surface area contributed by atoms with Crippen LogP contribution >= 0.6 is 0 Å². The van der Waals surface area contributed by atoms with E-state index in [1.807, 2.05) is 31.2 Å². The number of benzene rings is 1. The number of nitrogens with two attached hydrogens (primary N) is 1. The molecule has 1 aromatic carbocycles. The molecule has 0 saturated carbocycles. The lowest BCUT2D eigenvalue weighted by Crippen LogP contribution is -2.49. The molecule has 112 valence electrons. The van der Waals surface area contributed by atoms with E-state index in [1.165, 1.54) is 4.90 Å². The summed E-state index contributed by atoms with van der Waals surface area (Å²) in [6.45, 7) is 3.22. The first kappa shape index (κ1) is 15.1. The highest BCUT2D eigenvalue weighted by Crippen LogP contribution is 2.21. The Morgan fingerprint density at radius 2 is 1.65 bits per heavy atom. The zero-order chi connectivity index (χ0) is 14.8. The van der Waals surface area contributed by atoms with Crippen molar-refractivity contribution < 1.29 is 13.2 Å². The van der Waals surface area contributed by atoms with E-state index >= 15 is 0 Å². The molecule has 3 nitrogen and oxygen atoms in total. The summed E-state index contributed by atoms with van der Waals surface area (Å²) in [5.74, 6) is 0. The van der Waals surface area contributed by atoms with Gasteiger partial charge in [-0.3, -0.25) is 4.90 Å². The van der Waals surface area contributed by atoms with Gasteiger partial charge in [-0.15, -0.1) is 0 Å². The molecule has 1 unspecified atom stereocenters. The molecule has 0 amide bonds. The molecule has 0 bridgehead atoms.